The Hall–Kier alpha value is -2.16. The molecule has 0 bridgehead atoms. The van der Waals surface area contributed by atoms with Crippen LogP contribution in [0.25, 0.3) is 0 Å². The molecular weight excluding hydrogens is 306 g/mol. The quantitative estimate of drug-likeness (QED) is 0.583. The lowest BCUT2D eigenvalue weighted by Crippen LogP contribution is -2.25. The van der Waals surface area contributed by atoms with Gasteiger partial charge in [-0.2, -0.15) is 0 Å². The number of carbonyl (C=O) groups is 1. The van der Waals surface area contributed by atoms with E-state index in [0.717, 1.165) is 5.56 Å². The van der Waals surface area contributed by atoms with Crippen molar-refractivity contribution in [3.63, 3.8) is 0 Å². The second-order valence-electron chi connectivity index (χ2n) is 4.41. The highest BCUT2D eigenvalue weighted by molar-refractivity contribution is 7.76. The van der Waals surface area contributed by atoms with Crippen molar-refractivity contribution >= 4 is 17.2 Å². The van der Waals surface area contributed by atoms with Crippen LogP contribution in [-0.2, 0) is 29.1 Å². The molecule has 0 saturated carbocycles. The highest BCUT2D eigenvalue weighted by Gasteiger charge is 2.11. The van der Waals surface area contributed by atoms with E-state index in [-0.39, 0.29) is 18.9 Å². The van der Waals surface area contributed by atoms with Gasteiger partial charge in [-0.15, -0.1) is 0 Å². The Balaban J connectivity index is 2.08. The average Bonchev–Trinajstić information content (AvgIpc) is 2.55. The molecule has 0 aliphatic rings. The smallest absolute Gasteiger partial charge is 0.376 e. The third-order valence-corrected chi connectivity index (χ3v) is 3.52. The first-order chi connectivity index (χ1) is 10.6. The zero-order chi connectivity index (χ0) is 15.9. The van der Waals surface area contributed by atoms with Crippen LogP contribution in [0.5, 0.6) is 0 Å². The van der Waals surface area contributed by atoms with E-state index in [1.165, 1.54) is 23.8 Å². The molecule has 0 radical (unpaired) electrons. The van der Waals surface area contributed by atoms with Crippen LogP contribution < -0.4 is 0 Å². The Morgan fingerprint density at radius 1 is 1.18 bits per heavy atom. The number of hydrogen-bond acceptors (Lipinski definition) is 6. The lowest BCUT2D eigenvalue weighted by atomic mass is 10.2. The van der Waals surface area contributed by atoms with Gasteiger partial charge in [-0.05, 0) is 5.56 Å². The van der Waals surface area contributed by atoms with Crippen molar-refractivity contribution in [3.8, 4) is 0 Å². The van der Waals surface area contributed by atoms with E-state index < -0.39 is 17.2 Å². The van der Waals surface area contributed by atoms with E-state index in [0.29, 0.717) is 5.56 Å². The van der Waals surface area contributed by atoms with Gasteiger partial charge in [0.2, 0.25) is 5.82 Å². The first-order valence-corrected chi connectivity index (χ1v) is 7.41. The van der Waals surface area contributed by atoms with Gasteiger partial charge in [0.25, 0.3) is 0 Å². The van der Waals surface area contributed by atoms with Gasteiger partial charge >= 0.3 is 5.97 Å². The van der Waals surface area contributed by atoms with E-state index in [2.05, 4.69) is 14.7 Å². The fourth-order valence-electron chi connectivity index (χ4n) is 1.79. The van der Waals surface area contributed by atoms with Crippen molar-refractivity contribution in [2.45, 2.75) is 13.1 Å². The van der Waals surface area contributed by atoms with Crippen LogP contribution in [0, 0.1) is 0 Å². The summed E-state index contributed by atoms with van der Waals surface area (Å²) in [6.07, 6.45) is 2.81. The third kappa shape index (κ3) is 4.42. The van der Waals surface area contributed by atoms with Gasteiger partial charge in [-0.3, -0.25) is 4.21 Å². The summed E-state index contributed by atoms with van der Waals surface area (Å²) < 4.78 is 28.4. The number of methoxy groups -OCH3 is 1. The number of aromatic nitrogens is 2. The minimum atomic E-state index is -2.38. The molecule has 0 amide bonds. The Labute approximate surface area is 130 Å². The van der Waals surface area contributed by atoms with Crippen LogP contribution in [0.15, 0.2) is 42.7 Å². The molecule has 1 heterocycles. The minimum Gasteiger partial charge on any atom is -0.760 e. The molecule has 0 spiro atoms. The normalized spacial score (nSPS) is 12.1. The molecule has 2 aromatic rings. The second-order valence-corrected chi connectivity index (χ2v) is 5.36. The topological polar surface area (TPSA) is 95.5 Å². The Morgan fingerprint density at radius 2 is 1.77 bits per heavy atom. The summed E-state index contributed by atoms with van der Waals surface area (Å²) in [5, 5.41) is 0. The van der Waals surface area contributed by atoms with E-state index in [1.54, 1.807) is 0 Å². The number of rotatable bonds is 6. The number of benzene rings is 1. The molecule has 7 nitrogen and oxygen atoms in total. The van der Waals surface area contributed by atoms with E-state index in [9.17, 15) is 13.6 Å². The fourth-order valence-corrected chi connectivity index (χ4v) is 2.29. The summed E-state index contributed by atoms with van der Waals surface area (Å²) >= 11 is -2.38. The predicted molar refractivity (Wildman–Crippen MR) is 78.0 cm³/mol. The zero-order valence-corrected chi connectivity index (χ0v) is 12.7. The van der Waals surface area contributed by atoms with Gasteiger partial charge in [0.15, 0.2) is 0 Å². The zero-order valence-electron chi connectivity index (χ0n) is 11.8. The number of carbonyl (C=O) groups excluding carboxylic acids is 1. The maximum absolute atomic E-state index is 11.3. The summed E-state index contributed by atoms with van der Waals surface area (Å²) in [7, 11) is 1.24. The van der Waals surface area contributed by atoms with Crippen molar-refractivity contribution in [2.24, 2.45) is 0 Å². The molecule has 0 saturated heterocycles. The van der Waals surface area contributed by atoms with Crippen molar-refractivity contribution in [1.29, 1.82) is 0 Å². The number of hydrogen-bond donors (Lipinski definition) is 0. The number of nitrogens with zero attached hydrogens (tertiary/aromatic N) is 3. The largest absolute Gasteiger partial charge is 0.760 e. The molecule has 0 aliphatic carbocycles. The highest BCUT2D eigenvalue weighted by Crippen LogP contribution is 2.10. The van der Waals surface area contributed by atoms with Crippen molar-refractivity contribution in [2.75, 3.05) is 7.11 Å². The van der Waals surface area contributed by atoms with Gasteiger partial charge in [-0.1, -0.05) is 30.3 Å². The third-order valence-electron chi connectivity index (χ3n) is 2.84. The molecule has 1 atom stereocenters. The Kier molecular flexibility index (Phi) is 5.70. The number of esters is 1. The van der Waals surface area contributed by atoms with Crippen LogP contribution in [0.3, 0.4) is 0 Å². The summed E-state index contributed by atoms with van der Waals surface area (Å²) in [5.41, 5.74) is 1.45. The first kappa shape index (κ1) is 16.2. The summed E-state index contributed by atoms with van der Waals surface area (Å²) in [4.78, 5) is 19.0. The number of ether oxygens (including phenoxy) is 1. The minimum absolute atomic E-state index is 0.0656. The van der Waals surface area contributed by atoms with E-state index in [1.807, 2.05) is 30.3 Å². The lowest BCUT2D eigenvalue weighted by Gasteiger charge is -2.24. The second kappa shape index (κ2) is 7.74. The average molecular weight is 320 g/mol. The molecule has 22 heavy (non-hydrogen) atoms. The fraction of sp³-hybridized carbons (Fsp3) is 0.214. The van der Waals surface area contributed by atoms with Gasteiger partial charge in [0, 0.05) is 42.3 Å². The molecule has 0 N–H and O–H groups in total. The van der Waals surface area contributed by atoms with Crippen molar-refractivity contribution < 1.29 is 18.3 Å². The maximum Gasteiger partial charge on any atom is 0.376 e. The van der Waals surface area contributed by atoms with Gasteiger partial charge in [0.05, 0.1) is 7.11 Å². The SMILES string of the molecule is COC(=O)c1ncc(CN(Cc2ccccc2)S(=O)[O-])cn1. The van der Waals surface area contributed by atoms with Crippen LogP contribution in [0.2, 0.25) is 0 Å². The summed E-state index contributed by atoms with van der Waals surface area (Å²) in [5.74, 6) is -0.704. The molecular formula is C14H14N3O4S-. The monoisotopic (exact) mass is 320 g/mol. The molecule has 8 heteroatoms. The molecule has 1 unspecified atom stereocenters. The van der Waals surface area contributed by atoms with Crippen LogP contribution in [0.4, 0.5) is 0 Å². The van der Waals surface area contributed by atoms with E-state index in [4.69, 9.17) is 0 Å². The molecule has 1 aromatic heterocycles. The lowest BCUT2D eigenvalue weighted by molar-refractivity contribution is 0.0586. The molecule has 0 aliphatic heterocycles. The summed E-state index contributed by atoms with van der Waals surface area (Å²) in [6.45, 7) is 0.363. The van der Waals surface area contributed by atoms with Gasteiger partial charge in [0.1, 0.15) is 0 Å². The maximum atomic E-state index is 11.3. The standard InChI is InChI=1S/C14H15N3O4S/c1-21-14(18)13-15-7-12(8-16-13)10-17(22(19)20)9-11-5-3-2-4-6-11/h2-8H,9-10H2,1H3,(H,19,20)/p-1. The Bertz CT molecular complexity index is 649. The molecule has 2 rings (SSSR count). The molecule has 1 aromatic carbocycles. The van der Waals surface area contributed by atoms with Crippen LogP contribution in [-0.4, -0.2) is 36.1 Å². The predicted octanol–water partition coefficient (Wildman–Crippen LogP) is 1.06. The Morgan fingerprint density at radius 3 is 2.32 bits per heavy atom. The molecule has 116 valence electrons. The molecule has 0 fully saturated rings. The van der Waals surface area contributed by atoms with Gasteiger partial charge in [-0.25, -0.2) is 19.1 Å². The van der Waals surface area contributed by atoms with Crippen molar-refractivity contribution in [1.82, 2.24) is 14.3 Å². The van der Waals surface area contributed by atoms with Crippen molar-refractivity contribution in [3.05, 3.63) is 59.7 Å². The van der Waals surface area contributed by atoms with Gasteiger partial charge < -0.3 is 9.29 Å². The first-order valence-electron chi connectivity index (χ1n) is 6.37. The highest BCUT2D eigenvalue weighted by atomic mass is 32.2. The van der Waals surface area contributed by atoms with Crippen LogP contribution >= 0.6 is 0 Å². The van der Waals surface area contributed by atoms with E-state index >= 15 is 0 Å². The van der Waals surface area contributed by atoms with Crippen LogP contribution in [0.1, 0.15) is 21.7 Å². The summed E-state index contributed by atoms with van der Waals surface area (Å²) in [6, 6.07) is 9.24.